The molecule has 0 saturated heterocycles. The molecule has 14 heavy (non-hydrogen) atoms. The fourth-order valence-electron chi connectivity index (χ4n) is 1.28. The Bertz CT molecular complexity index is 391. The van der Waals surface area contributed by atoms with Crippen LogP contribution in [0.3, 0.4) is 0 Å². The zero-order valence-corrected chi connectivity index (χ0v) is 8.08. The number of hydrogen-bond donors (Lipinski definition) is 1. The van der Waals surface area contributed by atoms with Crippen molar-refractivity contribution in [3.8, 4) is 6.07 Å². The van der Waals surface area contributed by atoms with Crippen molar-refractivity contribution in [2.75, 3.05) is 5.73 Å². The summed E-state index contributed by atoms with van der Waals surface area (Å²) in [6, 6.07) is 7.43. The predicted molar refractivity (Wildman–Crippen MR) is 54.6 cm³/mol. The Balaban J connectivity index is 2.97. The first-order valence-corrected chi connectivity index (χ1v) is 4.37. The molecule has 2 N–H and O–H groups in total. The second-order valence-electron chi connectivity index (χ2n) is 3.25. The van der Waals surface area contributed by atoms with Crippen LogP contribution in [0.2, 0.25) is 0 Å². The van der Waals surface area contributed by atoms with E-state index < -0.39 is 0 Å². The number of nitrogens with zero attached hydrogens (tertiary/aromatic N) is 1. The van der Waals surface area contributed by atoms with Crippen LogP contribution in [0, 0.1) is 11.3 Å². The molecule has 0 amide bonds. The lowest BCUT2D eigenvalue weighted by Crippen LogP contribution is -2.01. The Morgan fingerprint density at radius 2 is 2.29 bits per heavy atom. The molecule has 0 aromatic heterocycles. The molecule has 0 fully saturated rings. The van der Waals surface area contributed by atoms with Gasteiger partial charge in [0.15, 0.2) is 0 Å². The van der Waals surface area contributed by atoms with Gasteiger partial charge in [-0.1, -0.05) is 12.1 Å². The number of nitrogens with two attached hydrogens (primary N) is 1. The second kappa shape index (κ2) is 4.43. The van der Waals surface area contributed by atoms with E-state index in [1.807, 2.05) is 12.1 Å². The van der Waals surface area contributed by atoms with Crippen molar-refractivity contribution in [3.63, 3.8) is 0 Å². The van der Waals surface area contributed by atoms with E-state index in [2.05, 4.69) is 6.07 Å². The highest BCUT2D eigenvalue weighted by atomic mass is 16.1. The average molecular weight is 188 g/mol. The number of hydrogen-bond acceptors (Lipinski definition) is 3. The smallest absolute Gasteiger partial charge is 0.134 e. The van der Waals surface area contributed by atoms with E-state index in [1.54, 1.807) is 6.07 Å². The number of carbonyl (C=O) groups excluding carboxylic acids is 1. The summed E-state index contributed by atoms with van der Waals surface area (Å²) in [7, 11) is 0. The Morgan fingerprint density at radius 1 is 1.57 bits per heavy atom. The maximum atomic E-state index is 10.9. The molecule has 1 aromatic rings. The van der Waals surface area contributed by atoms with E-state index >= 15 is 0 Å². The molecule has 72 valence electrons. The highest BCUT2D eigenvalue weighted by molar-refractivity contribution is 5.80. The number of carbonyl (C=O) groups is 1. The summed E-state index contributed by atoms with van der Waals surface area (Å²) in [5.41, 5.74) is 8.02. The molecule has 0 aliphatic rings. The van der Waals surface area contributed by atoms with Crippen molar-refractivity contribution in [2.45, 2.75) is 19.8 Å². The zero-order valence-electron chi connectivity index (χ0n) is 8.08. The fourth-order valence-corrected chi connectivity index (χ4v) is 1.28. The number of Topliss-reactive ketones (excluding diaryl/α,β-unsaturated/α-hetero) is 1. The van der Waals surface area contributed by atoms with Gasteiger partial charge in [0.1, 0.15) is 5.78 Å². The monoisotopic (exact) mass is 188 g/mol. The fraction of sp³-hybridized carbons (Fsp3) is 0.273. The van der Waals surface area contributed by atoms with Crippen LogP contribution < -0.4 is 5.73 Å². The van der Waals surface area contributed by atoms with Crippen LogP contribution in [0.15, 0.2) is 18.2 Å². The summed E-state index contributed by atoms with van der Waals surface area (Å²) < 4.78 is 0. The molecule has 3 nitrogen and oxygen atoms in total. The molecule has 0 aliphatic heterocycles. The molecule has 3 heteroatoms. The van der Waals surface area contributed by atoms with Crippen molar-refractivity contribution in [3.05, 3.63) is 29.3 Å². The lowest BCUT2D eigenvalue weighted by molar-refractivity contribution is -0.116. The van der Waals surface area contributed by atoms with Crippen LogP contribution in [0.5, 0.6) is 0 Å². The maximum Gasteiger partial charge on any atom is 0.134 e. The van der Waals surface area contributed by atoms with Gasteiger partial charge >= 0.3 is 0 Å². The Hall–Kier alpha value is -1.82. The molecule has 1 rings (SSSR count). The molecule has 0 bridgehead atoms. The van der Waals surface area contributed by atoms with Crippen LogP contribution in [-0.4, -0.2) is 5.78 Å². The van der Waals surface area contributed by atoms with Crippen molar-refractivity contribution >= 4 is 11.5 Å². The summed E-state index contributed by atoms with van der Waals surface area (Å²) in [6.07, 6.45) is 0.691. The largest absolute Gasteiger partial charge is 0.398 e. The average Bonchev–Trinajstić information content (AvgIpc) is 2.10. The standard InChI is InChI=1S/C11H12N2O/c1-8(14)6-10-7-9(4-5-12)2-3-11(10)13/h2-3,7H,4,6,13H2,1H3. The molecule has 0 radical (unpaired) electrons. The van der Waals surface area contributed by atoms with Crippen LogP contribution in [0.25, 0.3) is 0 Å². The molecular weight excluding hydrogens is 176 g/mol. The lowest BCUT2D eigenvalue weighted by Gasteiger charge is -2.04. The van der Waals surface area contributed by atoms with Gasteiger partial charge in [0.25, 0.3) is 0 Å². The van der Waals surface area contributed by atoms with Crippen molar-refractivity contribution in [2.24, 2.45) is 0 Å². The van der Waals surface area contributed by atoms with Crippen molar-refractivity contribution < 1.29 is 4.79 Å². The first-order valence-electron chi connectivity index (χ1n) is 4.37. The first-order chi connectivity index (χ1) is 6.63. The molecule has 0 spiro atoms. The van der Waals surface area contributed by atoms with Crippen LogP contribution >= 0.6 is 0 Å². The van der Waals surface area contributed by atoms with E-state index in [1.165, 1.54) is 6.92 Å². The molecule has 0 saturated carbocycles. The second-order valence-corrected chi connectivity index (χ2v) is 3.25. The molecule has 0 aliphatic carbocycles. The van der Waals surface area contributed by atoms with Crippen LogP contribution in [0.4, 0.5) is 5.69 Å². The third-order valence-corrected chi connectivity index (χ3v) is 1.93. The third-order valence-electron chi connectivity index (χ3n) is 1.93. The number of ketones is 1. The quantitative estimate of drug-likeness (QED) is 0.730. The lowest BCUT2D eigenvalue weighted by atomic mass is 10.0. The summed E-state index contributed by atoms with van der Waals surface area (Å²) in [5.74, 6) is 0.0748. The zero-order chi connectivity index (χ0) is 10.6. The van der Waals surface area contributed by atoms with Gasteiger partial charge in [-0.15, -0.1) is 0 Å². The third kappa shape index (κ3) is 2.60. The van der Waals surface area contributed by atoms with E-state index in [4.69, 9.17) is 11.0 Å². The van der Waals surface area contributed by atoms with E-state index in [-0.39, 0.29) is 5.78 Å². The topological polar surface area (TPSA) is 66.9 Å². The number of rotatable bonds is 3. The van der Waals surface area contributed by atoms with Crippen molar-refractivity contribution in [1.82, 2.24) is 0 Å². The molecule has 0 unspecified atom stereocenters. The van der Waals surface area contributed by atoms with E-state index in [0.717, 1.165) is 11.1 Å². The predicted octanol–water partition coefficient (Wildman–Crippen LogP) is 1.47. The number of nitrogen functional groups attached to an aromatic ring is 1. The van der Waals surface area contributed by atoms with Gasteiger partial charge in [-0.3, -0.25) is 4.79 Å². The van der Waals surface area contributed by atoms with Gasteiger partial charge in [-0.2, -0.15) is 5.26 Å². The normalized spacial score (nSPS) is 9.43. The molecule has 0 heterocycles. The minimum Gasteiger partial charge on any atom is -0.398 e. The Labute approximate surface area is 83.2 Å². The molecule has 1 aromatic carbocycles. The van der Waals surface area contributed by atoms with Gasteiger partial charge in [-0.05, 0) is 24.1 Å². The highest BCUT2D eigenvalue weighted by Gasteiger charge is 2.03. The molecular formula is C11H12N2O. The SMILES string of the molecule is CC(=O)Cc1cc(CC#N)ccc1N. The summed E-state index contributed by atoms with van der Waals surface area (Å²) >= 11 is 0. The number of benzene rings is 1. The van der Waals surface area contributed by atoms with Gasteiger partial charge in [0.2, 0.25) is 0 Å². The van der Waals surface area contributed by atoms with Crippen molar-refractivity contribution in [1.29, 1.82) is 5.26 Å². The van der Waals surface area contributed by atoms with Gasteiger partial charge < -0.3 is 5.73 Å². The van der Waals surface area contributed by atoms with E-state index in [9.17, 15) is 4.79 Å². The highest BCUT2D eigenvalue weighted by Crippen LogP contribution is 2.15. The van der Waals surface area contributed by atoms with Gasteiger partial charge in [0.05, 0.1) is 12.5 Å². The number of anilines is 1. The molecule has 0 atom stereocenters. The van der Waals surface area contributed by atoms with Gasteiger partial charge in [0, 0.05) is 12.1 Å². The van der Waals surface area contributed by atoms with Crippen LogP contribution in [-0.2, 0) is 17.6 Å². The minimum atomic E-state index is 0.0748. The van der Waals surface area contributed by atoms with Crippen LogP contribution in [0.1, 0.15) is 18.1 Å². The minimum absolute atomic E-state index is 0.0748. The maximum absolute atomic E-state index is 10.9. The van der Waals surface area contributed by atoms with Gasteiger partial charge in [-0.25, -0.2) is 0 Å². The number of nitriles is 1. The first kappa shape index (κ1) is 10.3. The summed E-state index contributed by atoms with van der Waals surface area (Å²) in [4.78, 5) is 10.9. The van der Waals surface area contributed by atoms with E-state index in [0.29, 0.717) is 18.5 Å². The summed E-state index contributed by atoms with van der Waals surface area (Å²) in [6.45, 7) is 1.52. The Morgan fingerprint density at radius 3 is 2.86 bits per heavy atom. The summed E-state index contributed by atoms with van der Waals surface area (Å²) in [5, 5.41) is 8.51. The Kier molecular flexibility index (Phi) is 3.24.